The lowest BCUT2D eigenvalue weighted by Gasteiger charge is -2.16. The summed E-state index contributed by atoms with van der Waals surface area (Å²) in [7, 11) is 1.65. The molecular formula is C24H29N3O2. The van der Waals surface area contributed by atoms with Crippen LogP contribution in [0.3, 0.4) is 0 Å². The molecule has 5 heteroatoms. The third-order valence-electron chi connectivity index (χ3n) is 5.06. The molecule has 0 aliphatic heterocycles. The molecule has 29 heavy (non-hydrogen) atoms. The van der Waals surface area contributed by atoms with Crippen molar-refractivity contribution >= 4 is 5.82 Å². The number of ether oxygens (including phenoxy) is 1. The second kappa shape index (κ2) is 9.92. The number of rotatable bonds is 9. The van der Waals surface area contributed by atoms with E-state index in [4.69, 9.17) is 4.74 Å². The Morgan fingerprint density at radius 1 is 1.07 bits per heavy atom. The first-order chi connectivity index (χ1) is 14.0. The average Bonchev–Trinajstić information content (AvgIpc) is 2.73. The number of aromatic nitrogens is 2. The number of aryl methyl sites for hydroxylation is 1. The van der Waals surface area contributed by atoms with Gasteiger partial charge in [-0.15, -0.1) is 0 Å². The number of anilines is 1. The van der Waals surface area contributed by atoms with Crippen molar-refractivity contribution in [3.8, 4) is 5.75 Å². The van der Waals surface area contributed by atoms with Gasteiger partial charge in [0, 0.05) is 12.5 Å². The molecule has 0 radical (unpaired) electrons. The van der Waals surface area contributed by atoms with Gasteiger partial charge in [0.25, 0.3) is 5.56 Å². The van der Waals surface area contributed by atoms with E-state index in [9.17, 15) is 4.79 Å². The van der Waals surface area contributed by atoms with Gasteiger partial charge < -0.3 is 15.0 Å². The van der Waals surface area contributed by atoms with E-state index >= 15 is 0 Å². The van der Waals surface area contributed by atoms with Crippen LogP contribution in [0.5, 0.6) is 5.75 Å². The van der Waals surface area contributed by atoms with Crippen molar-refractivity contribution in [3.63, 3.8) is 0 Å². The Labute approximate surface area is 172 Å². The van der Waals surface area contributed by atoms with E-state index in [1.54, 1.807) is 7.11 Å². The maximum atomic E-state index is 12.4. The van der Waals surface area contributed by atoms with Gasteiger partial charge in [-0.1, -0.05) is 42.5 Å². The zero-order chi connectivity index (χ0) is 20.6. The Balaban J connectivity index is 1.62. The molecule has 5 nitrogen and oxygen atoms in total. The fourth-order valence-electron chi connectivity index (χ4n) is 3.30. The summed E-state index contributed by atoms with van der Waals surface area (Å²) >= 11 is 0. The number of nitrogens with one attached hydrogen (secondary N) is 2. The maximum absolute atomic E-state index is 12.4. The average molecular weight is 392 g/mol. The minimum absolute atomic E-state index is 0.0949. The molecule has 1 heterocycles. The molecule has 0 saturated carbocycles. The van der Waals surface area contributed by atoms with E-state index < -0.39 is 0 Å². The highest BCUT2D eigenvalue weighted by molar-refractivity contribution is 5.43. The van der Waals surface area contributed by atoms with Gasteiger partial charge in [-0.05, 0) is 56.4 Å². The van der Waals surface area contributed by atoms with Crippen LogP contribution in [0.1, 0.15) is 42.3 Å². The van der Waals surface area contributed by atoms with E-state index in [2.05, 4.69) is 46.5 Å². The van der Waals surface area contributed by atoms with Crippen molar-refractivity contribution in [2.24, 2.45) is 0 Å². The van der Waals surface area contributed by atoms with E-state index in [-0.39, 0.29) is 11.6 Å². The topological polar surface area (TPSA) is 67.0 Å². The SMILES string of the molecule is COc1ccc(Cc2nc(NC(C)CCCc3ccccc3)c(C)c(=O)[nH]2)cc1. The minimum Gasteiger partial charge on any atom is -0.497 e. The first kappa shape index (κ1) is 20.6. The molecule has 0 fully saturated rings. The predicted octanol–water partition coefficient (Wildman–Crippen LogP) is 4.50. The highest BCUT2D eigenvalue weighted by Gasteiger charge is 2.11. The molecule has 0 bridgehead atoms. The molecule has 1 aromatic heterocycles. The fraction of sp³-hybridized carbons (Fsp3) is 0.333. The van der Waals surface area contributed by atoms with Crippen LogP contribution < -0.4 is 15.6 Å². The molecule has 3 aromatic rings. The predicted molar refractivity (Wildman–Crippen MR) is 118 cm³/mol. The van der Waals surface area contributed by atoms with Crippen LogP contribution >= 0.6 is 0 Å². The van der Waals surface area contributed by atoms with Gasteiger partial charge in [-0.3, -0.25) is 4.79 Å². The first-order valence-electron chi connectivity index (χ1n) is 10.1. The van der Waals surface area contributed by atoms with Crippen molar-refractivity contribution in [1.82, 2.24) is 9.97 Å². The number of methoxy groups -OCH3 is 1. The lowest BCUT2D eigenvalue weighted by atomic mass is 10.1. The molecule has 1 unspecified atom stereocenters. The fourth-order valence-corrected chi connectivity index (χ4v) is 3.30. The van der Waals surface area contributed by atoms with Gasteiger partial charge in [0.15, 0.2) is 0 Å². The molecular weight excluding hydrogens is 362 g/mol. The molecule has 0 aliphatic carbocycles. The monoisotopic (exact) mass is 391 g/mol. The highest BCUT2D eigenvalue weighted by atomic mass is 16.5. The summed E-state index contributed by atoms with van der Waals surface area (Å²) in [6.07, 6.45) is 3.71. The lowest BCUT2D eigenvalue weighted by molar-refractivity contribution is 0.414. The Kier molecular flexibility index (Phi) is 7.06. The molecule has 2 aromatic carbocycles. The number of aromatic amines is 1. The summed E-state index contributed by atoms with van der Waals surface area (Å²) in [5.74, 6) is 2.14. The normalized spacial score (nSPS) is 11.8. The van der Waals surface area contributed by atoms with Gasteiger partial charge in [0.2, 0.25) is 0 Å². The number of H-pyrrole nitrogens is 1. The van der Waals surface area contributed by atoms with Crippen molar-refractivity contribution in [3.05, 3.63) is 87.5 Å². The second-order valence-corrected chi connectivity index (χ2v) is 7.43. The van der Waals surface area contributed by atoms with Crippen LogP contribution in [0.4, 0.5) is 5.82 Å². The van der Waals surface area contributed by atoms with Gasteiger partial charge in [-0.25, -0.2) is 4.98 Å². The third-order valence-corrected chi connectivity index (χ3v) is 5.06. The Morgan fingerprint density at radius 2 is 1.79 bits per heavy atom. The van der Waals surface area contributed by atoms with E-state index in [0.717, 1.165) is 30.6 Å². The van der Waals surface area contributed by atoms with E-state index in [1.807, 2.05) is 37.3 Å². The van der Waals surface area contributed by atoms with Crippen LogP contribution in [0.2, 0.25) is 0 Å². The molecule has 0 saturated heterocycles. The lowest BCUT2D eigenvalue weighted by Crippen LogP contribution is -2.23. The summed E-state index contributed by atoms with van der Waals surface area (Å²) in [6, 6.07) is 18.5. The number of hydrogen-bond donors (Lipinski definition) is 2. The van der Waals surface area contributed by atoms with Crippen molar-refractivity contribution in [1.29, 1.82) is 0 Å². The Bertz CT molecular complexity index is 966. The molecule has 0 amide bonds. The summed E-state index contributed by atoms with van der Waals surface area (Å²) < 4.78 is 5.19. The van der Waals surface area contributed by atoms with Crippen molar-refractivity contribution in [2.75, 3.05) is 12.4 Å². The van der Waals surface area contributed by atoms with Crippen LogP contribution in [-0.4, -0.2) is 23.1 Å². The Hall–Kier alpha value is -3.08. The zero-order valence-corrected chi connectivity index (χ0v) is 17.4. The summed E-state index contributed by atoms with van der Waals surface area (Å²) in [4.78, 5) is 19.9. The van der Waals surface area contributed by atoms with Crippen LogP contribution in [0.15, 0.2) is 59.4 Å². The highest BCUT2D eigenvalue weighted by Crippen LogP contribution is 2.16. The smallest absolute Gasteiger partial charge is 0.255 e. The summed E-state index contributed by atoms with van der Waals surface area (Å²) in [5, 5.41) is 3.43. The van der Waals surface area contributed by atoms with Gasteiger partial charge in [-0.2, -0.15) is 0 Å². The molecule has 1 atom stereocenters. The quantitative estimate of drug-likeness (QED) is 0.564. The maximum Gasteiger partial charge on any atom is 0.255 e. The summed E-state index contributed by atoms with van der Waals surface area (Å²) in [6.45, 7) is 3.94. The molecule has 0 aliphatic rings. The molecule has 0 spiro atoms. The van der Waals surface area contributed by atoms with Crippen LogP contribution in [0.25, 0.3) is 0 Å². The van der Waals surface area contributed by atoms with Crippen molar-refractivity contribution < 1.29 is 4.74 Å². The standard InChI is InChI=1S/C24H29N3O2/c1-17(8-7-11-19-9-5-4-6-10-19)25-23-18(2)24(28)27-22(26-23)16-20-12-14-21(29-3)15-13-20/h4-6,9-10,12-15,17H,7-8,11,16H2,1-3H3,(H2,25,26,27,28). The number of hydrogen-bond acceptors (Lipinski definition) is 4. The van der Waals surface area contributed by atoms with Crippen molar-refractivity contribution in [2.45, 2.75) is 45.6 Å². The third kappa shape index (κ3) is 5.95. The van der Waals surface area contributed by atoms with E-state index in [0.29, 0.717) is 23.6 Å². The summed E-state index contributed by atoms with van der Waals surface area (Å²) in [5.41, 5.74) is 2.95. The zero-order valence-electron chi connectivity index (χ0n) is 17.4. The van der Waals surface area contributed by atoms with Gasteiger partial charge in [0.1, 0.15) is 17.4 Å². The van der Waals surface area contributed by atoms with E-state index in [1.165, 1.54) is 5.56 Å². The molecule has 2 N–H and O–H groups in total. The van der Waals surface area contributed by atoms with Crippen LogP contribution in [-0.2, 0) is 12.8 Å². The van der Waals surface area contributed by atoms with Gasteiger partial charge in [0.05, 0.1) is 12.7 Å². The number of benzene rings is 2. The largest absolute Gasteiger partial charge is 0.497 e. The molecule has 3 rings (SSSR count). The second-order valence-electron chi connectivity index (χ2n) is 7.43. The number of nitrogens with zero attached hydrogens (tertiary/aromatic N) is 1. The molecule has 152 valence electrons. The minimum atomic E-state index is -0.0949. The first-order valence-corrected chi connectivity index (χ1v) is 10.1. The Morgan fingerprint density at radius 3 is 2.48 bits per heavy atom. The van der Waals surface area contributed by atoms with Crippen LogP contribution in [0, 0.1) is 6.92 Å². The van der Waals surface area contributed by atoms with Gasteiger partial charge >= 0.3 is 0 Å².